The number of hydrogen-bond donors (Lipinski definition) is 1. The molecule has 4 nitrogen and oxygen atoms in total. The fourth-order valence-electron chi connectivity index (χ4n) is 0.751. The third kappa shape index (κ3) is 0.877. The number of carbonyl (C=O) groups is 1. The number of nitrogens with two attached hydrogens (primary N) is 1. The first kappa shape index (κ1) is 6.80. The Morgan fingerprint density at radius 2 is 2.40 bits per heavy atom. The van der Waals surface area contributed by atoms with Crippen molar-refractivity contribution < 1.29 is 4.79 Å². The lowest BCUT2D eigenvalue weighted by Crippen LogP contribution is -2.04. The van der Waals surface area contributed by atoms with Crippen LogP contribution in [0.3, 0.4) is 0 Å². The molecule has 0 saturated heterocycles. The second-order valence-corrected chi connectivity index (χ2v) is 2.12. The van der Waals surface area contributed by atoms with Crippen LogP contribution >= 0.6 is 0 Å². The summed E-state index contributed by atoms with van der Waals surface area (Å²) in [5.41, 5.74) is 5.92. The number of nitrogen functional groups attached to an aromatic ring is 1. The number of Topliss-reactive ketones (excluding diaryl/α,β-unsaturated/α-hetero) is 1. The van der Waals surface area contributed by atoms with E-state index in [9.17, 15) is 4.79 Å². The summed E-state index contributed by atoms with van der Waals surface area (Å²) in [6.45, 7) is 1.48. The van der Waals surface area contributed by atoms with Gasteiger partial charge in [-0.2, -0.15) is 0 Å². The number of hydrogen-bond acceptors (Lipinski definition) is 3. The Kier molecular flexibility index (Phi) is 1.45. The second kappa shape index (κ2) is 2.13. The molecule has 0 bridgehead atoms. The third-order valence-corrected chi connectivity index (χ3v) is 1.38. The Labute approximate surface area is 58.7 Å². The van der Waals surface area contributed by atoms with E-state index in [1.54, 1.807) is 11.6 Å². The van der Waals surface area contributed by atoms with Gasteiger partial charge in [-0.05, 0) is 0 Å². The molecule has 0 radical (unpaired) electrons. The number of nitrogens with zero attached hydrogens (tertiary/aromatic N) is 2. The van der Waals surface area contributed by atoms with E-state index in [1.807, 2.05) is 0 Å². The predicted molar refractivity (Wildman–Crippen MR) is 37.6 cm³/mol. The Hall–Kier alpha value is -1.32. The molecule has 0 aromatic carbocycles. The van der Waals surface area contributed by atoms with Crippen LogP contribution in [0.4, 0.5) is 5.95 Å². The highest BCUT2D eigenvalue weighted by atomic mass is 16.1. The van der Waals surface area contributed by atoms with Crippen molar-refractivity contribution in [3.63, 3.8) is 0 Å². The number of aromatic nitrogens is 2. The summed E-state index contributed by atoms with van der Waals surface area (Å²) in [6.07, 6.45) is 1.47. The fraction of sp³-hybridized carbons (Fsp3) is 0.333. The van der Waals surface area contributed by atoms with E-state index in [2.05, 4.69) is 4.98 Å². The van der Waals surface area contributed by atoms with Gasteiger partial charge in [-0.1, -0.05) is 0 Å². The van der Waals surface area contributed by atoms with Crippen LogP contribution in [-0.2, 0) is 7.05 Å². The summed E-state index contributed by atoms with van der Waals surface area (Å²) in [6, 6.07) is 0. The van der Waals surface area contributed by atoms with Crippen LogP contribution < -0.4 is 5.73 Å². The van der Waals surface area contributed by atoms with Crippen LogP contribution in [0.25, 0.3) is 0 Å². The average molecular weight is 139 g/mol. The minimum atomic E-state index is -0.0216. The molecular weight excluding hydrogens is 130 g/mol. The van der Waals surface area contributed by atoms with Gasteiger partial charge in [-0.3, -0.25) is 4.79 Å². The summed E-state index contributed by atoms with van der Waals surface area (Å²) in [7, 11) is 1.71. The van der Waals surface area contributed by atoms with Gasteiger partial charge in [0.1, 0.15) is 5.69 Å². The lowest BCUT2D eigenvalue weighted by atomic mass is 10.3. The highest BCUT2D eigenvalue weighted by Gasteiger charge is 2.05. The molecule has 54 valence electrons. The Morgan fingerprint density at radius 1 is 1.80 bits per heavy atom. The minimum Gasteiger partial charge on any atom is -0.369 e. The molecule has 0 spiro atoms. The van der Waals surface area contributed by atoms with Crippen LogP contribution in [0.2, 0.25) is 0 Å². The van der Waals surface area contributed by atoms with E-state index in [1.165, 1.54) is 13.1 Å². The third-order valence-electron chi connectivity index (χ3n) is 1.38. The molecule has 1 aromatic heterocycles. The monoisotopic (exact) mass is 139 g/mol. The van der Waals surface area contributed by atoms with Crippen molar-refractivity contribution in [3.8, 4) is 0 Å². The van der Waals surface area contributed by atoms with Gasteiger partial charge in [0.05, 0.1) is 6.20 Å². The topological polar surface area (TPSA) is 60.9 Å². The first-order valence-corrected chi connectivity index (χ1v) is 2.91. The normalized spacial score (nSPS) is 9.80. The maximum atomic E-state index is 10.8. The largest absolute Gasteiger partial charge is 0.369 e. The molecule has 10 heavy (non-hydrogen) atoms. The molecule has 4 heteroatoms. The molecule has 0 amide bonds. The van der Waals surface area contributed by atoms with E-state index in [-0.39, 0.29) is 5.78 Å². The number of carbonyl (C=O) groups excluding carboxylic acids is 1. The smallest absolute Gasteiger partial charge is 0.200 e. The minimum absolute atomic E-state index is 0.0216. The van der Waals surface area contributed by atoms with Crippen LogP contribution in [0.1, 0.15) is 17.4 Å². The van der Waals surface area contributed by atoms with E-state index in [4.69, 9.17) is 5.73 Å². The van der Waals surface area contributed by atoms with Gasteiger partial charge < -0.3 is 10.3 Å². The molecule has 1 heterocycles. The lowest BCUT2D eigenvalue weighted by molar-refractivity contribution is 0.101. The van der Waals surface area contributed by atoms with Gasteiger partial charge in [0.2, 0.25) is 0 Å². The van der Waals surface area contributed by atoms with E-state index in [0.717, 1.165) is 0 Å². The fourth-order valence-corrected chi connectivity index (χ4v) is 0.751. The molecule has 0 atom stereocenters. The van der Waals surface area contributed by atoms with Crippen LogP contribution in [-0.4, -0.2) is 15.3 Å². The molecule has 0 aliphatic rings. The zero-order valence-electron chi connectivity index (χ0n) is 5.96. The average Bonchev–Trinajstić information content (AvgIpc) is 2.14. The summed E-state index contributed by atoms with van der Waals surface area (Å²) < 4.78 is 1.56. The van der Waals surface area contributed by atoms with Crippen LogP contribution in [0, 0.1) is 0 Å². The summed E-state index contributed by atoms with van der Waals surface area (Å²) in [4.78, 5) is 14.5. The van der Waals surface area contributed by atoms with Gasteiger partial charge in [0.15, 0.2) is 11.7 Å². The van der Waals surface area contributed by atoms with Gasteiger partial charge in [0, 0.05) is 14.0 Å². The molecule has 0 aliphatic carbocycles. The highest BCUT2D eigenvalue weighted by molar-refractivity contribution is 5.92. The number of anilines is 1. The number of ketones is 1. The first-order chi connectivity index (χ1) is 4.63. The Bertz CT molecular complexity index is 264. The quantitative estimate of drug-likeness (QED) is 0.565. The van der Waals surface area contributed by atoms with Gasteiger partial charge in [0.25, 0.3) is 0 Å². The van der Waals surface area contributed by atoms with Crippen LogP contribution in [0.15, 0.2) is 6.20 Å². The maximum Gasteiger partial charge on any atom is 0.200 e. The van der Waals surface area contributed by atoms with Crippen molar-refractivity contribution in [2.75, 3.05) is 5.73 Å². The van der Waals surface area contributed by atoms with Gasteiger partial charge >= 0.3 is 0 Å². The molecule has 0 fully saturated rings. The number of rotatable bonds is 1. The van der Waals surface area contributed by atoms with Gasteiger partial charge in [-0.25, -0.2) is 4.98 Å². The van der Waals surface area contributed by atoms with Crippen molar-refractivity contribution in [3.05, 3.63) is 11.9 Å². The zero-order valence-corrected chi connectivity index (χ0v) is 5.96. The highest BCUT2D eigenvalue weighted by Crippen LogP contribution is 2.03. The molecule has 0 unspecified atom stereocenters. The van der Waals surface area contributed by atoms with Crippen molar-refractivity contribution in [1.82, 2.24) is 9.55 Å². The molecular formula is C6H9N3O. The SMILES string of the molecule is CC(=O)c1cnc(N)n1C. The standard InChI is InChI=1S/C6H9N3O/c1-4(10)5-3-8-6(7)9(5)2/h3H,1-2H3,(H2,7,8). The predicted octanol–water partition coefficient (Wildman–Crippen LogP) is 0.205. The van der Waals surface area contributed by atoms with Crippen LogP contribution in [0.5, 0.6) is 0 Å². The summed E-state index contributed by atoms with van der Waals surface area (Å²) in [5.74, 6) is 0.344. The molecule has 1 aromatic rings. The van der Waals surface area contributed by atoms with Crippen molar-refractivity contribution in [2.24, 2.45) is 7.05 Å². The van der Waals surface area contributed by atoms with E-state index < -0.39 is 0 Å². The molecule has 0 aliphatic heterocycles. The Morgan fingerprint density at radius 3 is 2.60 bits per heavy atom. The molecule has 0 saturated carbocycles. The first-order valence-electron chi connectivity index (χ1n) is 2.91. The number of imidazole rings is 1. The summed E-state index contributed by atoms with van der Waals surface area (Å²) in [5, 5.41) is 0. The van der Waals surface area contributed by atoms with E-state index >= 15 is 0 Å². The maximum absolute atomic E-state index is 10.8. The van der Waals surface area contributed by atoms with E-state index in [0.29, 0.717) is 11.6 Å². The lowest BCUT2D eigenvalue weighted by Gasteiger charge is -1.96. The van der Waals surface area contributed by atoms with Crippen molar-refractivity contribution >= 4 is 11.7 Å². The summed E-state index contributed by atoms with van der Waals surface area (Å²) >= 11 is 0. The van der Waals surface area contributed by atoms with Crippen molar-refractivity contribution in [1.29, 1.82) is 0 Å². The van der Waals surface area contributed by atoms with Gasteiger partial charge in [-0.15, -0.1) is 0 Å². The molecule has 2 N–H and O–H groups in total. The zero-order chi connectivity index (χ0) is 7.72. The molecule has 1 rings (SSSR count). The Balaban J connectivity index is 3.17. The second-order valence-electron chi connectivity index (χ2n) is 2.12. The van der Waals surface area contributed by atoms with Crippen molar-refractivity contribution in [2.45, 2.75) is 6.92 Å².